The third-order valence-corrected chi connectivity index (χ3v) is 3.77. The molecule has 1 aliphatic heterocycles. The molecule has 6 nitrogen and oxygen atoms in total. The number of piperazine rings is 1. The Labute approximate surface area is 114 Å². The van der Waals surface area contributed by atoms with Crippen LogP contribution in [0.2, 0.25) is 0 Å². The van der Waals surface area contributed by atoms with Gasteiger partial charge in [0.1, 0.15) is 6.33 Å². The fourth-order valence-corrected chi connectivity index (χ4v) is 2.53. The molecular formula is C13H23N5O. The third-order valence-electron chi connectivity index (χ3n) is 3.77. The number of ether oxygens (including phenoxy) is 1. The fourth-order valence-electron chi connectivity index (χ4n) is 2.53. The average molecular weight is 265 g/mol. The van der Waals surface area contributed by atoms with Gasteiger partial charge >= 0.3 is 0 Å². The number of nitrogens with one attached hydrogen (secondary N) is 1. The maximum atomic E-state index is 5.47. The fraction of sp³-hybridized carbons (Fsp3) is 0.692. The van der Waals surface area contributed by atoms with E-state index in [1.807, 2.05) is 7.05 Å². The Morgan fingerprint density at radius 1 is 1.42 bits per heavy atom. The normalized spacial score (nSPS) is 20.4. The first-order valence-corrected chi connectivity index (χ1v) is 6.73. The van der Waals surface area contributed by atoms with Crippen LogP contribution in [0.25, 0.3) is 0 Å². The Morgan fingerprint density at radius 3 is 2.84 bits per heavy atom. The lowest BCUT2D eigenvalue weighted by Crippen LogP contribution is -2.51. The summed E-state index contributed by atoms with van der Waals surface area (Å²) in [6, 6.07) is 0.562. The Balaban J connectivity index is 2.26. The van der Waals surface area contributed by atoms with E-state index in [9.17, 15) is 0 Å². The summed E-state index contributed by atoms with van der Waals surface area (Å²) in [5.41, 5.74) is 0. The second-order valence-corrected chi connectivity index (χ2v) is 4.82. The molecule has 0 spiro atoms. The molecule has 19 heavy (non-hydrogen) atoms. The number of hydrogen-bond acceptors (Lipinski definition) is 6. The minimum absolute atomic E-state index is 0.562. The Bertz CT molecular complexity index is 425. The molecule has 0 saturated carbocycles. The first kappa shape index (κ1) is 13.9. The topological polar surface area (TPSA) is 53.5 Å². The standard InChI is InChI=1S/C13H23N5O/c1-5-10-8-18(7-6-17(10)3)13-11(19-4)12(14-2)15-9-16-13/h9-10H,5-8H2,1-4H3,(H,14,15,16). The molecule has 1 fully saturated rings. The van der Waals surface area contributed by atoms with Crippen LogP contribution >= 0.6 is 0 Å². The summed E-state index contributed by atoms with van der Waals surface area (Å²) >= 11 is 0. The maximum Gasteiger partial charge on any atom is 0.204 e. The van der Waals surface area contributed by atoms with Crippen LogP contribution in [0.15, 0.2) is 6.33 Å². The van der Waals surface area contributed by atoms with E-state index in [2.05, 4.69) is 39.1 Å². The summed E-state index contributed by atoms with van der Waals surface area (Å²) in [6.45, 7) is 5.20. The molecule has 0 amide bonds. The van der Waals surface area contributed by atoms with E-state index < -0.39 is 0 Å². The van der Waals surface area contributed by atoms with Crippen LogP contribution in [0.5, 0.6) is 5.75 Å². The highest BCUT2D eigenvalue weighted by molar-refractivity contribution is 5.64. The predicted octanol–water partition coefficient (Wildman–Crippen LogP) is 1.06. The van der Waals surface area contributed by atoms with Crippen molar-refractivity contribution in [2.24, 2.45) is 0 Å². The van der Waals surface area contributed by atoms with Gasteiger partial charge in [0.2, 0.25) is 5.75 Å². The van der Waals surface area contributed by atoms with Crippen LogP contribution in [0.3, 0.4) is 0 Å². The van der Waals surface area contributed by atoms with Gasteiger partial charge in [-0.1, -0.05) is 6.92 Å². The zero-order chi connectivity index (χ0) is 13.8. The van der Waals surface area contributed by atoms with Crippen molar-refractivity contribution >= 4 is 11.6 Å². The number of anilines is 2. The van der Waals surface area contributed by atoms with Gasteiger partial charge in [-0.15, -0.1) is 0 Å². The molecule has 0 aromatic carbocycles. The quantitative estimate of drug-likeness (QED) is 0.878. The third kappa shape index (κ3) is 2.73. The largest absolute Gasteiger partial charge is 0.490 e. The van der Waals surface area contributed by atoms with Gasteiger partial charge in [0.05, 0.1) is 7.11 Å². The lowest BCUT2D eigenvalue weighted by molar-refractivity contribution is 0.212. The van der Waals surface area contributed by atoms with Crippen molar-refractivity contribution in [3.63, 3.8) is 0 Å². The van der Waals surface area contributed by atoms with Gasteiger partial charge in [-0.2, -0.15) is 0 Å². The minimum Gasteiger partial charge on any atom is -0.490 e. The molecule has 1 unspecified atom stereocenters. The summed E-state index contributed by atoms with van der Waals surface area (Å²) in [7, 11) is 5.69. The molecule has 1 N–H and O–H groups in total. The van der Waals surface area contributed by atoms with Crippen molar-refractivity contribution in [3.8, 4) is 5.75 Å². The van der Waals surface area contributed by atoms with Crippen molar-refractivity contribution in [1.29, 1.82) is 0 Å². The molecule has 1 aliphatic rings. The number of likely N-dealkylation sites (N-methyl/N-ethyl adjacent to an activating group) is 1. The lowest BCUT2D eigenvalue weighted by Gasteiger charge is -2.40. The van der Waals surface area contributed by atoms with E-state index >= 15 is 0 Å². The number of hydrogen-bond donors (Lipinski definition) is 1. The molecule has 1 aromatic heterocycles. The predicted molar refractivity (Wildman–Crippen MR) is 77.1 cm³/mol. The zero-order valence-electron chi connectivity index (χ0n) is 12.2. The van der Waals surface area contributed by atoms with E-state index in [1.165, 1.54) is 0 Å². The van der Waals surface area contributed by atoms with Crippen molar-refractivity contribution in [3.05, 3.63) is 6.33 Å². The van der Waals surface area contributed by atoms with Crippen LogP contribution in [-0.2, 0) is 0 Å². The summed E-state index contributed by atoms with van der Waals surface area (Å²) < 4.78 is 5.47. The van der Waals surface area contributed by atoms with Crippen LogP contribution in [0.1, 0.15) is 13.3 Å². The van der Waals surface area contributed by atoms with Crippen molar-refractivity contribution in [2.45, 2.75) is 19.4 Å². The van der Waals surface area contributed by atoms with Crippen LogP contribution in [-0.4, -0.2) is 61.7 Å². The molecule has 1 saturated heterocycles. The number of aromatic nitrogens is 2. The SMILES string of the molecule is CCC1CN(c2ncnc(NC)c2OC)CCN1C. The molecule has 0 aliphatic carbocycles. The highest BCUT2D eigenvalue weighted by atomic mass is 16.5. The molecule has 106 valence electrons. The number of methoxy groups -OCH3 is 1. The van der Waals surface area contributed by atoms with Gasteiger partial charge in [0, 0.05) is 32.7 Å². The van der Waals surface area contributed by atoms with E-state index in [1.54, 1.807) is 13.4 Å². The molecule has 6 heteroatoms. The van der Waals surface area contributed by atoms with Crippen molar-refractivity contribution in [1.82, 2.24) is 14.9 Å². The highest BCUT2D eigenvalue weighted by Crippen LogP contribution is 2.32. The smallest absolute Gasteiger partial charge is 0.204 e. The van der Waals surface area contributed by atoms with Gasteiger partial charge in [-0.3, -0.25) is 4.90 Å². The molecule has 1 aromatic rings. The first-order chi connectivity index (χ1) is 9.21. The van der Waals surface area contributed by atoms with E-state index in [4.69, 9.17) is 4.74 Å². The maximum absolute atomic E-state index is 5.47. The van der Waals surface area contributed by atoms with Crippen LogP contribution in [0.4, 0.5) is 11.6 Å². The number of rotatable bonds is 4. The summed E-state index contributed by atoms with van der Waals surface area (Å²) in [4.78, 5) is 13.3. The van der Waals surface area contributed by atoms with Gasteiger partial charge in [-0.25, -0.2) is 9.97 Å². The van der Waals surface area contributed by atoms with E-state index in [0.29, 0.717) is 6.04 Å². The lowest BCUT2D eigenvalue weighted by atomic mass is 10.1. The second kappa shape index (κ2) is 6.06. The van der Waals surface area contributed by atoms with Crippen LogP contribution < -0.4 is 15.0 Å². The minimum atomic E-state index is 0.562. The molecule has 2 rings (SSSR count). The molecule has 0 radical (unpaired) electrons. The van der Waals surface area contributed by atoms with Crippen molar-refractivity contribution < 1.29 is 4.74 Å². The Kier molecular flexibility index (Phi) is 4.42. The van der Waals surface area contributed by atoms with Crippen molar-refractivity contribution in [2.75, 3.05) is 51.1 Å². The summed E-state index contributed by atoms with van der Waals surface area (Å²) in [5, 5.41) is 3.05. The average Bonchev–Trinajstić information content (AvgIpc) is 2.46. The molecule has 0 bridgehead atoms. The summed E-state index contributed by atoms with van der Waals surface area (Å²) in [6.07, 6.45) is 2.72. The monoisotopic (exact) mass is 265 g/mol. The Hall–Kier alpha value is -1.56. The van der Waals surface area contributed by atoms with Gasteiger partial charge in [0.15, 0.2) is 11.6 Å². The van der Waals surface area contributed by atoms with Gasteiger partial charge < -0.3 is 15.0 Å². The molecular weight excluding hydrogens is 242 g/mol. The first-order valence-electron chi connectivity index (χ1n) is 6.73. The Morgan fingerprint density at radius 2 is 2.21 bits per heavy atom. The zero-order valence-corrected chi connectivity index (χ0v) is 12.2. The van der Waals surface area contributed by atoms with E-state index in [0.717, 1.165) is 43.4 Å². The molecule has 2 heterocycles. The van der Waals surface area contributed by atoms with Crippen LogP contribution in [0, 0.1) is 0 Å². The number of nitrogens with zero attached hydrogens (tertiary/aromatic N) is 4. The molecule has 1 atom stereocenters. The van der Waals surface area contributed by atoms with Gasteiger partial charge in [0.25, 0.3) is 0 Å². The van der Waals surface area contributed by atoms with E-state index in [-0.39, 0.29) is 0 Å². The highest BCUT2D eigenvalue weighted by Gasteiger charge is 2.26. The van der Waals surface area contributed by atoms with Gasteiger partial charge in [-0.05, 0) is 13.5 Å². The summed E-state index contributed by atoms with van der Waals surface area (Å²) in [5.74, 6) is 2.34. The second-order valence-electron chi connectivity index (χ2n) is 4.82.